The number of allylic oxidation sites excluding steroid dienone is 5. The number of hydrogen-bond donors (Lipinski definition) is 0. The van der Waals surface area contributed by atoms with Crippen LogP contribution >= 0.6 is 0 Å². The van der Waals surface area contributed by atoms with Crippen molar-refractivity contribution in [3.05, 3.63) is 235 Å². The maximum Gasteiger partial charge on any atom is 0.0714 e. The number of rotatable bonds is 7. The Balaban J connectivity index is 1.30. The van der Waals surface area contributed by atoms with E-state index in [-0.39, 0.29) is 0 Å². The van der Waals surface area contributed by atoms with Crippen LogP contribution in [0.2, 0.25) is 0 Å². The summed E-state index contributed by atoms with van der Waals surface area (Å²) in [6.07, 6.45) is 8.53. The summed E-state index contributed by atoms with van der Waals surface area (Å²) < 4.78 is 0. The highest BCUT2D eigenvalue weighted by molar-refractivity contribution is 6.20. The highest BCUT2D eigenvalue weighted by Gasteiger charge is 2.48. The lowest BCUT2D eigenvalue weighted by Crippen LogP contribution is -2.29. The van der Waals surface area contributed by atoms with Crippen molar-refractivity contribution in [3.8, 4) is 44.5 Å². The minimum Gasteiger partial charge on any atom is -0.309 e. The van der Waals surface area contributed by atoms with Gasteiger partial charge in [0.25, 0.3) is 0 Å². The summed E-state index contributed by atoms with van der Waals surface area (Å²) >= 11 is 0. The van der Waals surface area contributed by atoms with E-state index in [1.165, 1.54) is 83.3 Å². The van der Waals surface area contributed by atoms with Gasteiger partial charge in [-0.05, 0) is 92.2 Å². The van der Waals surface area contributed by atoms with Gasteiger partial charge < -0.3 is 4.90 Å². The van der Waals surface area contributed by atoms with Gasteiger partial charge in [-0.2, -0.15) is 0 Å². The number of para-hydroxylation sites is 1. The standard InChI is InChI=1S/C54H39N/c1-3-5-23-40(4-2)54(41-24-11-7-12-25-41)48-30-16-15-28-47(48)52-49(54)35-34-46-45-33-32-43(39-22-17-21-38(36-39)37-19-9-6-10-20-37)44-29-18-31-50(51(44)45)55(53(46)52)42-26-13-8-14-27-42/h3-36H,2H2,1H3/b5-3-,40-23+. The van der Waals surface area contributed by atoms with Crippen LogP contribution in [0.4, 0.5) is 17.1 Å². The number of hydrogen-bond acceptors (Lipinski definition) is 1. The molecule has 55 heavy (non-hydrogen) atoms. The number of nitrogens with zero attached hydrogens (tertiary/aromatic N) is 1. The smallest absolute Gasteiger partial charge is 0.0714 e. The average molecular weight is 702 g/mol. The Labute approximate surface area is 323 Å². The molecule has 0 spiro atoms. The summed E-state index contributed by atoms with van der Waals surface area (Å²) in [6.45, 7) is 6.49. The molecular formula is C54H39N. The van der Waals surface area contributed by atoms with Crippen LogP contribution in [0, 0.1) is 0 Å². The minimum absolute atomic E-state index is 0.564. The van der Waals surface area contributed by atoms with E-state index in [1.54, 1.807) is 0 Å². The Morgan fingerprint density at radius 2 is 1.20 bits per heavy atom. The van der Waals surface area contributed by atoms with Crippen molar-refractivity contribution in [1.82, 2.24) is 0 Å². The molecule has 1 unspecified atom stereocenters. The highest BCUT2D eigenvalue weighted by atomic mass is 15.2. The number of fused-ring (bicyclic) bond motifs is 6. The molecule has 1 aliphatic heterocycles. The lowest BCUT2D eigenvalue weighted by atomic mass is 9.66. The molecule has 1 heteroatoms. The molecule has 0 aromatic heterocycles. The zero-order valence-electron chi connectivity index (χ0n) is 30.8. The largest absolute Gasteiger partial charge is 0.309 e. The SMILES string of the molecule is C=C/C(=C\C=C/C)C1(c2ccccc2)c2ccccc2-c2c1ccc1c2N(c2ccccc2)c2cccc3c(-c4cccc(-c5ccccc5)c4)ccc-1c23. The van der Waals surface area contributed by atoms with Crippen LogP contribution in [0.1, 0.15) is 23.6 Å². The Kier molecular flexibility index (Phi) is 7.82. The molecule has 1 heterocycles. The van der Waals surface area contributed by atoms with E-state index in [9.17, 15) is 0 Å². The summed E-state index contributed by atoms with van der Waals surface area (Å²) in [4.78, 5) is 2.52. The van der Waals surface area contributed by atoms with Gasteiger partial charge in [0, 0.05) is 22.2 Å². The van der Waals surface area contributed by atoms with E-state index in [4.69, 9.17) is 0 Å². The molecule has 10 rings (SSSR count). The van der Waals surface area contributed by atoms with Gasteiger partial charge in [0.15, 0.2) is 0 Å². The quantitative estimate of drug-likeness (QED) is 0.150. The lowest BCUT2D eigenvalue weighted by Gasteiger charge is -2.37. The van der Waals surface area contributed by atoms with Crippen LogP contribution in [-0.4, -0.2) is 0 Å². The van der Waals surface area contributed by atoms with E-state index >= 15 is 0 Å². The predicted octanol–water partition coefficient (Wildman–Crippen LogP) is 14.6. The first-order valence-corrected chi connectivity index (χ1v) is 19.1. The summed E-state index contributed by atoms with van der Waals surface area (Å²) in [5.41, 5.74) is 17.7. The Morgan fingerprint density at radius 1 is 0.545 bits per heavy atom. The summed E-state index contributed by atoms with van der Waals surface area (Å²) in [6, 6.07) is 66.8. The third-order valence-corrected chi connectivity index (χ3v) is 11.6. The molecule has 0 fully saturated rings. The molecule has 2 aliphatic rings. The van der Waals surface area contributed by atoms with E-state index < -0.39 is 5.41 Å². The van der Waals surface area contributed by atoms with Crippen molar-refractivity contribution in [2.24, 2.45) is 0 Å². The third kappa shape index (κ3) is 4.87. The van der Waals surface area contributed by atoms with Crippen molar-refractivity contribution < 1.29 is 0 Å². The Bertz CT molecular complexity index is 2830. The van der Waals surface area contributed by atoms with Gasteiger partial charge in [0.2, 0.25) is 0 Å². The van der Waals surface area contributed by atoms with Crippen LogP contribution in [0.3, 0.4) is 0 Å². The molecule has 0 bridgehead atoms. The predicted molar refractivity (Wildman–Crippen MR) is 233 cm³/mol. The van der Waals surface area contributed by atoms with E-state index in [0.29, 0.717) is 0 Å². The summed E-state index contributed by atoms with van der Waals surface area (Å²) in [7, 11) is 0. The molecule has 0 saturated carbocycles. The van der Waals surface area contributed by atoms with Crippen molar-refractivity contribution in [3.63, 3.8) is 0 Å². The molecule has 0 radical (unpaired) electrons. The monoisotopic (exact) mass is 701 g/mol. The van der Waals surface area contributed by atoms with E-state index in [2.05, 4.69) is 225 Å². The molecular weight excluding hydrogens is 663 g/mol. The fourth-order valence-corrected chi connectivity index (χ4v) is 9.33. The first-order valence-electron chi connectivity index (χ1n) is 19.1. The number of anilines is 3. The van der Waals surface area contributed by atoms with Gasteiger partial charge in [0.1, 0.15) is 0 Å². The molecule has 8 aromatic rings. The molecule has 1 atom stereocenters. The third-order valence-electron chi connectivity index (χ3n) is 11.6. The van der Waals surface area contributed by atoms with Crippen LogP contribution in [0.15, 0.2) is 218 Å². The Hall–Kier alpha value is -6.96. The zero-order valence-corrected chi connectivity index (χ0v) is 30.8. The fourth-order valence-electron chi connectivity index (χ4n) is 9.33. The van der Waals surface area contributed by atoms with Crippen LogP contribution in [0.25, 0.3) is 55.3 Å². The first kappa shape index (κ1) is 32.7. The summed E-state index contributed by atoms with van der Waals surface area (Å²) in [5, 5.41) is 2.51. The van der Waals surface area contributed by atoms with Crippen LogP contribution < -0.4 is 4.90 Å². The van der Waals surface area contributed by atoms with Crippen molar-refractivity contribution >= 4 is 27.8 Å². The second kappa shape index (κ2) is 13.2. The molecule has 0 N–H and O–H groups in total. The molecule has 8 aromatic carbocycles. The minimum atomic E-state index is -0.564. The normalized spacial score (nSPS) is 15.5. The molecule has 0 amide bonds. The highest BCUT2D eigenvalue weighted by Crippen LogP contribution is 2.63. The fraction of sp³-hybridized carbons (Fsp3) is 0.0370. The topological polar surface area (TPSA) is 3.24 Å². The number of benzene rings is 8. The van der Waals surface area contributed by atoms with Crippen LogP contribution in [-0.2, 0) is 5.41 Å². The lowest BCUT2D eigenvalue weighted by molar-refractivity contribution is 0.767. The maximum atomic E-state index is 4.42. The second-order valence-corrected chi connectivity index (χ2v) is 14.4. The average Bonchev–Trinajstić information content (AvgIpc) is 3.56. The Morgan fingerprint density at radius 3 is 1.98 bits per heavy atom. The first-order chi connectivity index (χ1) is 27.2. The van der Waals surface area contributed by atoms with Crippen LogP contribution in [0.5, 0.6) is 0 Å². The van der Waals surface area contributed by atoms with Gasteiger partial charge in [-0.1, -0.05) is 189 Å². The molecule has 1 aliphatic carbocycles. The van der Waals surface area contributed by atoms with E-state index in [1.807, 2.05) is 0 Å². The van der Waals surface area contributed by atoms with Gasteiger partial charge >= 0.3 is 0 Å². The molecule has 260 valence electrons. The molecule has 1 nitrogen and oxygen atoms in total. The van der Waals surface area contributed by atoms with Gasteiger partial charge in [0.05, 0.1) is 16.8 Å². The van der Waals surface area contributed by atoms with Gasteiger partial charge in [-0.15, -0.1) is 0 Å². The second-order valence-electron chi connectivity index (χ2n) is 14.4. The van der Waals surface area contributed by atoms with E-state index in [0.717, 1.165) is 11.3 Å². The maximum absolute atomic E-state index is 4.42. The zero-order chi connectivity index (χ0) is 36.9. The molecule has 0 saturated heterocycles. The summed E-state index contributed by atoms with van der Waals surface area (Å²) in [5.74, 6) is 0. The van der Waals surface area contributed by atoms with Crippen molar-refractivity contribution in [2.75, 3.05) is 4.90 Å². The van der Waals surface area contributed by atoms with Gasteiger partial charge in [-0.3, -0.25) is 0 Å². The van der Waals surface area contributed by atoms with Crippen molar-refractivity contribution in [1.29, 1.82) is 0 Å². The van der Waals surface area contributed by atoms with Gasteiger partial charge in [-0.25, -0.2) is 0 Å². The van der Waals surface area contributed by atoms with Crippen molar-refractivity contribution in [2.45, 2.75) is 12.3 Å².